The molecule has 0 radical (unpaired) electrons. The Bertz CT molecular complexity index is 990. The zero-order chi connectivity index (χ0) is 19.4. The summed E-state index contributed by atoms with van der Waals surface area (Å²) in [5.74, 6) is -2.79. The summed E-state index contributed by atoms with van der Waals surface area (Å²) in [6, 6.07) is 6.28. The third kappa shape index (κ3) is 5.09. The van der Waals surface area contributed by atoms with E-state index in [2.05, 4.69) is 15.6 Å². The maximum Gasteiger partial charge on any atom is 0.254 e. The van der Waals surface area contributed by atoms with Gasteiger partial charge in [0, 0.05) is 24.4 Å². The summed E-state index contributed by atoms with van der Waals surface area (Å²) < 4.78 is 27.0. The van der Waals surface area contributed by atoms with E-state index in [1.165, 1.54) is 22.7 Å². The highest BCUT2D eigenvalue weighted by molar-refractivity contribution is 7.20. The molecule has 0 aliphatic carbocycles. The van der Waals surface area contributed by atoms with E-state index in [1.807, 2.05) is 6.07 Å². The van der Waals surface area contributed by atoms with Gasteiger partial charge in [0.25, 0.3) is 5.91 Å². The summed E-state index contributed by atoms with van der Waals surface area (Å²) in [4.78, 5) is 29.0. The minimum absolute atomic E-state index is 0.000246. The van der Waals surface area contributed by atoms with Gasteiger partial charge in [0.2, 0.25) is 5.91 Å². The first-order valence-corrected chi connectivity index (χ1v) is 9.74. The van der Waals surface area contributed by atoms with Gasteiger partial charge in [-0.05, 0) is 24.3 Å². The van der Waals surface area contributed by atoms with Crippen molar-refractivity contribution in [2.45, 2.75) is 6.42 Å². The Morgan fingerprint density at radius 1 is 1.19 bits per heavy atom. The maximum atomic E-state index is 13.5. The molecule has 0 saturated heterocycles. The smallest absolute Gasteiger partial charge is 0.254 e. The van der Waals surface area contributed by atoms with E-state index in [-0.39, 0.29) is 24.4 Å². The molecule has 140 valence electrons. The molecular weight excluding hydrogens is 416 g/mol. The second-order valence-electron chi connectivity index (χ2n) is 5.32. The number of carbonyl (C=O) groups excluding carboxylic acids is 2. The number of aromatic nitrogens is 1. The lowest BCUT2D eigenvalue weighted by Crippen LogP contribution is -2.28. The van der Waals surface area contributed by atoms with Crippen molar-refractivity contribution >= 4 is 51.2 Å². The lowest BCUT2D eigenvalue weighted by Gasteiger charge is -2.06. The van der Waals surface area contributed by atoms with Crippen molar-refractivity contribution in [3.8, 4) is 10.6 Å². The molecular formula is C17H12ClF2N3O2S2. The Morgan fingerprint density at radius 3 is 2.70 bits per heavy atom. The van der Waals surface area contributed by atoms with Crippen LogP contribution in [0.5, 0.6) is 0 Å². The number of thiophene rings is 1. The maximum absolute atomic E-state index is 13.5. The van der Waals surface area contributed by atoms with Gasteiger partial charge in [0.1, 0.15) is 11.6 Å². The normalized spacial score (nSPS) is 10.6. The number of amides is 2. The van der Waals surface area contributed by atoms with Gasteiger partial charge in [-0.1, -0.05) is 11.6 Å². The minimum Gasteiger partial charge on any atom is -0.351 e. The lowest BCUT2D eigenvalue weighted by molar-refractivity contribution is -0.116. The predicted octanol–water partition coefficient (Wildman–Crippen LogP) is 4.56. The van der Waals surface area contributed by atoms with Crippen LogP contribution in [0.2, 0.25) is 4.34 Å². The molecule has 0 aliphatic heterocycles. The molecule has 0 spiro atoms. The number of hydrogen-bond acceptors (Lipinski definition) is 5. The predicted molar refractivity (Wildman–Crippen MR) is 102 cm³/mol. The molecule has 2 amide bonds. The number of benzene rings is 1. The Balaban J connectivity index is 1.48. The third-order valence-electron chi connectivity index (χ3n) is 3.39. The van der Waals surface area contributed by atoms with Crippen LogP contribution in [-0.4, -0.2) is 23.3 Å². The van der Waals surface area contributed by atoms with Crippen LogP contribution in [0.1, 0.15) is 16.8 Å². The lowest BCUT2D eigenvalue weighted by atomic mass is 10.2. The van der Waals surface area contributed by atoms with Gasteiger partial charge < -0.3 is 10.6 Å². The van der Waals surface area contributed by atoms with E-state index >= 15 is 0 Å². The number of carbonyl (C=O) groups is 2. The highest BCUT2D eigenvalue weighted by Gasteiger charge is 2.13. The average Bonchev–Trinajstić information content (AvgIpc) is 3.23. The van der Waals surface area contributed by atoms with Crippen LogP contribution in [0.15, 0.2) is 35.7 Å². The second-order valence-corrected chi connectivity index (χ2v) is 7.89. The number of thiazole rings is 1. The highest BCUT2D eigenvalue weighted by atomic mass is 35.5. The van der Waals surface area contributed by atoms with Crippen LogP contribution in [0.25, 0.3) is 10.6 Å². The molecule has 0 aliphatic rings. The fraction of sp³-hybridized carbons (Fsp3) is 0.118. The Labute approximate surface area is 166 Å². The van der Waals surface area contributed by atoms with Gasteiger partial charge in [-0.25, -0.2) is 13.8 Å². The summed E-state index contributed by atoms with van der Waals surface area (Å²) in [6.45, 7) is 0.000246. The van der Waals surface area contributed by atoms with Gasteiger partial charge >= 0.3 is 0 Å². The van der Waals surface area contributed by atoms with Crippen LogP contribution >= 0.6 is 34.3 Å². The van der Waals surface area contributed by atoms with Crippen molar-refractivity contribution in [1.82, 2.24) is 10.3 Å². The third-order valence-corrected chi connectivity index (χ3v) is 5.40. The van der Waals surface area contributed by atoms with Gasteiger partial charge in [-0.2, -0.15) is 0 Å². The number of anilines is 1. The fourth-order valence-electron chi connectivity index (χ4n) is 2.14. The molecule has 27 heavy (non-hydrogen) atoms. The standard InChI is InChI=1S/C17H12ClF2N3O2S2/c18-14-4-3-13(27-14)12-8-26-17(22-12)23-15(24)5-6-21-16(25)10-2-1-9(19)7-11(10)20/h1-4,7-8H,5-6H2,(H,21,25)(H,22,23,24). The summed E-state index contributed by atoms with van der Waals surface area (Å²) in [7, 11) is 0. The average molecular weight is 428 g/mol. The molecule has 2 N–H and O–H groups in total. The Hall–Kier alpha value is -2.36. The van der Waals surface area contributed by atoms with Crippen molar-refractivity contribution in [2.24, 2.45) is 0 Å². The van der Waals surface area contributed by atoms with Crippen LogP contribution in [0.3, 0.4) is 0 Å². The highest BCUT2D eigenvalue weighted by Crippen LogP contribution is 2.32. The number of halogens is 3. The molecule has 2 aromatic heterocycles. The van der Waals surface area contributed by atoms with E-state index < -0.39 is 17.5 Å². The molecule has 10 heteroatoms. The van der Waals surface area contributed by atoms with Gasteiger partial charge in [-0.3, -0.25) is 9.59 Å². The molecule has 2 heterocycles. The van der Waals surface area contributed by atoms with Crippen LogP contribution < -0.4 is 10.6 Å². The molecule has 1 aromatic carbocycles. The van der Waals surface area contributed by atoms with Crippen LogP contribution in [0.4, 0.5) is 13.9 Å². The number of rotatable bonds is 6. The second kappa shape index (κ2) is 8.55. The fourth-order valence-corrected chi connectivity index (χ4v) is 3.94. The molecule has 3 aromatic rings. The monoisotopic (exact) mass is 427 g/mol. The summed E-state index contributed by atoms with van der Waals surface area (Å²) in [5.41, 5.74) is 0.434. The van der Waals surface area contributed by atoms with E-state index in [4.69, 9.17) is 11.6 Å². The first-order valence-electron chi connectivity index (χ1n) is 7.66. The zero-order valence-corrected chi connectivity index (χ0v) is 16.0. The number of nitrogens with one attached hydrogen (secondary N) is 2. The molecule has 0 saturated carbocycles. The quantitative estimate of drug-likeness (QED) is 0.605. The SMILES string of the molecule is O=C(CCNC(=O)c1ccc(F)cc1F)Nc1nc(-c2ccc(Cl)s2)cs1. The number of hydrogen-bond donors (Lipinski definition) is 2. The van der Waals surface area contributed by atoms with Crippen molar-refractivity contribution < 1.29 is 18.4 Å². The molecule has 0 bridgehead atoms. The van der Waals surface area contributed by atoms with Gasteiger partial charge in [-0.15, -0.1) is 22.7 Å². The Kier molecular flexibility index (Phi) is 6.15. The van der Waals surface area contributed by atoms with Gasteiger partial charge in [0.05, 0.1) is 20.5 Å². The molecule has 0 fully saturated rings. The van der Waals surface area contributed by atoms with Crippen LogP contribution in [0, 0.1) is 11.6 Å². The van der Waals surface area contributed by atoms with Crippen molar-refractivity contribution in [2.75, 3.05) is 11.9 Å². The van der Waals surface area contributed by atoms with Crippen molar-refractivity contribution in [3.05, 3.63) is 57.2 Å². The molecule has 5 nitrogen and oxygen atoms in total. The summed E-state index contributed by atoms with van der Waals surface area (Å²) in [6.07, 6.45) is -0.0195. The van der Waals surface area contributed by atoms with Crippen molar-refractivity contribution in [1.29, 1.82) is 0 Å². The summed E-state index contributed by atoms with van der Waals surface area (Å²) in [5, 5.41) is 7.28. The van der Waals surface area contributed by atoms with E-state index in [1.54, 1.807) is 11.4 Å². The number of nitrogens with zero attached hydrogens (tertiary/aromatic N) is 1. The molecule has 0 atom stereocenters. The van der Waals surface area contributed by atoms with E-state index in [0.29, 0.717) is 21.2 Å². The zero-order valence-electron chi connectivity index (χ0n) is 13.6. The van der Waals surface area contributed by atoms with E-state index in [0.717, 1.165) is 17.0 Å². The topological polar surface area (TPSA) is 71.1 Å². The van der Waals surface area contributed by atoms with Crippen molar-refractivity contribution in [3.63, 3.8) is 0 Å². The first kappa shape index (κ1) is 19.4. The van der Waals surface area contributed by atoms with Gasteiger partial charge in [0.15, 0.2) is 5.13 Å². The first-order chi connectivity index (χ1) is 12.9. The van der Waals surface area contributed by atoms with E-state index in [9.17, 15) is 18.4 Å². The Morgan fingerprint density at radius 2 is 2.00 bits per heavy atom. The molecule has 0 unspecified atom stereocenters. The summed E-state index contributed by atoms with van der Waals surface area (Å²) >= 11 is 8.55. The minimum atomic E-state index is -0.957. The largest absolute Gasteiger partial charge is 0.351 e. The van der Waals surface area contributed by atoms with Crippen LogP contribution in [-0.2, 0) is 4.79 Å². The molecule has 3 rings (SSSR count).